The maximum Gasteiger partial charge on any atom is 0.481 e. The first-order chi connectivity index (χ1) is 20.1. The molecule has 10 N–H and O–H groups in total. The molecule has 2 aliphatic heterocycles. The molecule has 17 nitrogen and oxygen atoms in total. The second kappa shape index (κ2) is 12.4. The molecular weight excluding hydrogens is 663 g/mol. The summed E-state index contributed by atoms with van der Waals surface area (Å²) in [7, 11) is -5.48. The highest BCUT2D eigenvalue weighted by Gasteiger charge is 2.65. The van der Waals surface area contributed by atoms with Crippen molar-refractivity contribution in [2.24, 2.45) is 5.92 Å². The molecule has 1 aliphatic carbocycles. The van der Waals surface area contributed by atoms with Crippen LogP contribution in [0.4, 0.5) is 10.2 Å². The number of halogens is 1. The fourth-order valence-electron chi connectivity index (χ4n) is 5.15. The van der Waals surface area contributed by atoms with E-state index in [1.54, 1.807) is 5.38 Å². The number of hydrogen-bond acceptors (Lipinski definition) is 17. The molecule has 0 amide bonds. The first-order valence-corrected chi connectivity index (χ1v) is 17.7. The summed E-state index contributed by atoms with van der Waals surface area (Å²) in [4.78, 5) is 28.8. The summed E-state index contributed by atoms with van der Waals surface area (Å²) in [6, 6.07) is 0. The predicted octanol–water partition coefficient (Wildman–Crippen LogP) is -1.28. The number of aliphatic hydroxyl groups excluding tert-OH is 6. The summed E-state index contributed by atoms with van der Waals surface area (Å²) in [5.74, 6) is -0.378. The first-order valence-electron chi connectivity index (χ1n) is 12.8. The minimum Gasteiger partial charge on any atom is -0.394 e. The van der Waals surface area contributed by atoms with Gasteiger partial charge in [-0.3, -0.25) is 4.52 Å². The normalized spacial score (nSPS) is 38.5. The van der Waals surface area contributed by atoms with Crippen molar-refractivity contribution >= 4 is 53.7 Å². The lowest BCUT2D eigenvalue weighted by atomic mass is 9.85. The second-order valence-corrected chi connectivity index (χ2v) is 15.6. The van der Waals surface area contributed by atoms with E-state index in [1.165, 1.54) is 17.7 Å². The van der Waals surface area contributed by atoms with Gasteiger partial charge in [0.05, 0.1) is 23.4 Å². The maximum absolute atomic E-state index is 16.5. The van der Waals surface area contributed by atoms with Crippen molar-refractivity contribution in [3.63, 3.8) is 0 Å². The third-order valence-corrected chi connectivity index (χ3v) is 12.0. The number of nitrogens with zero attached hydrogens (tertiary/aromatic N) is 2. The Morgan fingerprint density at radius 2 is 1.88 bits per heavy atom. The zero-order chi connectivity index (χ0) is 31.5. The van der Waals surface area contributed by atoms with Crippen LogP contribution in [0, 0.1) is 5.92 Å². The Kier molecular flexibility index (Phi) is 9.65. The largest absolute Gasteiger partial charge is 0.481 e. The molecule has 4 heterocycles. The Balaban J connectivity index is 1.26. The molecule has 0 bridgehead atoms. The van der Waals surface area contributed by atoms with Gasteiger partial charge >= 0.3 is 14.5 Å². The number of nitrogen functional groups attached to an aromatic ring is 1. The van der Waals surface area contributed by atoms with E-state index in [9.17, 15) is 39.9 Å². The van der Waals surface area contributed by atoms with Crippen LogP contribution in [-0.2, 0) is 39.2 Å². The Hall–Kier alpha value is -0.870. The molecule has 12 atom stereocenters. The van der Waals surface area contributed by atoms with Crippen molar-refractivity contribution < 1.29 is 72.2 Å². The Labute approximate surface area is 251 Å². The third-order valence-electron chi connectivity index (χ3n) is 7.43. The van der Waals surface area contributed by atoms with Crippen LogP contribution in [0.2, 0.25) is 0 Å². The summed E-state index contributed by atoms with van der Waals surface area (Å²) < 4.78 is 54.9. The third kappa shape index (κ3) is 6.54. The number of aliphatic hydroxyl groups is 6. The van der Waals surface area contributed by atoms with E-state index in [0.717, 1.165) is 0 Å². The number of thiophene rings is 1. The molecule has 2 aromatic heterocycles. The molecule has 7 unspecified atom stereocenters. The monoisotopic (exact) mass is 693 g/mol. The van der Waals surface area contributed by atoms with E-state index in [2.05, 4.69) is 18.8 Å². The van der Waals surface area contributed by atoms with Crippen LogP contribution in [0.3, 0.4) is 0 Å². The van der Waals surface area contributed by atoms with Gasteiger partial charge < -0.3 is 60.2 Å². The van der Waals surface area contributed by atoms with Crippen molar-refractivity contribution in [2.45, 2.75) is 73.6 Å². The predicted molar refractivity (Wildman–Crippen MR) is 146 cm³/mol. The van der Waals surface area contributed by atoms with Crippen LogP contribution in [-0.4, -0.2) is 118 Å². The molecule has 43 heavy (non-hydrogen) atoms. The number of alkyl halides is 1. The molecule has 0 aromatic carbocycles. The standard InChI is InChI=1S/C21H30FN3O14P2S2/c22-21(7-1-2-7)17(31)10(36-18(21)8-5-43-16-11(8)24-6-25-19(16)23)4-35-41(34,42)39-40(32,33)38-20-14(30)12(28)13(29)15(37-20)9(27)3-26/h5-7,9-10,12-15,17-18,20,26-31H,1-4H2,(H,32,33)(H,34,42)(H2,23,24,25)/t9-,10+,12?,13?,14?,15?,17+,18-,20?,21+,41?/m0/s1. The fourth-order valence-corrected chi connectivity index (χ4v) is 9.18. The molecule has 0 spiro atoms. The second-order valence-electron chi connectivity index (χ2n) is 10.3. The lowest BCUT2D eigenvalue weighted by molar-refractivity contribution is -0.292. The molecule has 242 valence electrons. The van der Waals surface area contributed by atoms with Gasteiger partial charge in [-0.2, -0.15) is 0 Å². The van der Waals surface area contributed by atoms with E-state index >= 15 is 4.39 Å². The number of anilines is 1. The summed E-state index contributed by atoms with van der Waals surface area (Å²) in [6.45, 7) is -6.45. The minimum atomic E-state index is -5.48. The van der Waals surface area contributed by atoms with Gasteiger partial charge in [0.2, 0.25) is 0 Å². The number of rotatable bonds is 11. The van der Waals surface area contributed by atoms with Crippen LogP contribution in [0.1, 0.15) is 24.5 Å². The van der Waals surface area contributed by atoms with Gasteiger partial charge in [0, 0.05) is 5.56 Å². The van der Waals surface area contributed by atoms with Gasteiger partial charge in [-0.15, -0.1) is 11.3 Å². The van der Waals surface area contributed by atoms with Crippen molar-refractivity contribution in [1.82, 2.24) is 9.97 Å². The quantitative estimate of drug-likeness (QED) is 0.124. The number of phosphoric acid groups is 1. The van der Waals surface area contributed by atoms with Crippen LogP contribution < -0.4 is 5.73 Å². The maximum atomic E-state index is 16.5. The van der Waals surface area contributed by atoms with Crippen LogP contribution >= 0.6 is 25.9 Å². The Morgan fingerprint density at radius 1 is 1.19 bits per heavy atom. The first kappa shape index (κ1) is 33.5. The average molecular weight is 694 g/mol. The number of ether oxygens (including phenoxy) is 2. The molecule has 2 saturated heterocycles. The number of hydrogen-bond donors (Lipinski definition) is 9. The van der Waals surface area contributed by atoms with Crippen LogP contribution in [0.15, 0.2) is 11.7 Å². The summed E-state index contributed by atoms with van der Waals surface area (Å²) >= 11 is 5.95. The summed E-state index contributed by atoms with van der Waals surface area (Å²) in [5, 5.41) is 61.6. The topological polar surface area (TPSA) is 277 Å². The lowest BCUT2D eigenvalue weighted by Gasteiger charge is -2.41. The SMILES string of the molecule is Nc1ncnc2c([C@@H]3O[C@H](COP(O)(=S)OP(=O)(O)OC4OC([C@@H](O)CO)C(O)C(O)C4O)[C@@H](O)[C@]3(F)C3CC3)csc12. The molecule has 1 saturated carbocycles. The Morgan fingerprint density at radius 3 is 2.53 bits per heavy atom. The summed E-state index contributed by atoms with van der Waals surface area (Å²) in [5.41, 5.74) is 4.27. The fraction of sp³-hybridized carbons (Fsp3) is 0.714. The summed E-state index contributed by atoms with van der Waals surface area (Å²) in [6.07, 6.45) is -14.2. The van der Waals surface area contributed by atoms with Gasteiger partial charge in [0.25, 0.3) is 0 Å². The van der Waals surface area contributed by atoms with Crippen molar-refractivity contribution in [3.8, 4) is 0 Å². The van der Waals surface area contributed by atoms with Gasteiger partial charge in [0.1, 0.15) is 61.0 Å². The highest BCUT2D eigenvalue weighted by molar-refractivity contribution is 8.08. The van der Waals surface area contributed by atoms with E-state index < -0.39 is 94.5 Å². The zero-order valence-corrected chi connectivity index (χ0v) is 25.3. The smallest absolute Gasteiger partial charge is 0.394 e. The van der Waals surface area contributed by atoms with Crippen molar-refractivity contribution in [3.05, 3.63) is 17.3 Å². The molecule has 3 aliphatic rings. The van der Waals surface area contributed by atoms with E-state index in [-0.39, 0.29) is 5.82 Å². The van der Waals surface area contributed by atoms with Crippen LogP contribution in [0.25, 0.3) is 10.2 Å². The van der Waals surface area contributed by atoms with Gasteiger partial charge in [-0.05, 0) is 35.9 Å². The van der Waals surface area contributed by atoms with Gasteiger partial charge in [-0.25, -0.2) is 23.2 Å². The lowest BCUT2D eigenvalue weighted by Crippen LogP contribution is -2.61. The number of nitrogens with two attached hydrogens (primary N) is 1. The highest BCUT2D eigenvalue weighted by Crippen LogP contribution is 2.63. The van der Waals surface area contributed by atoms with Gasteiger partial charge in [-0.1, -0.05) is 0 Å². The van der Waals surface area contributed by atoms with E-state index in [1.807, 2.05) is 0 Å². The molecule has 3 fully saturated rings. The van der Waals surface area contributed by atoms with E-state index in [0.29, 0.717) is 28.6 Å². The zero-order valence-electron chi connectivity index (χ0n) is 21.8. The van der Waals surface area contributed by atoms with Gasteiger partial charge in [0.15, 0.2) is 12.0 Å². The molecule has 5 rings (SSSR count). The van der Waals surface area contributed by atoms with Crippen molar-refractivity contribution in [2.75, 3.05) is 18.9 Å². The molecular formula is C21H30FN3O14P2S2. The number of aromatic nitrogens is 2. The highest BCUT2D eigenvalue weighted by atomic mass is 32.5. The molecule has 22 heteroatoms. The molecule has 2 aromatic rings. The number of fused-ring (bicyclic) bond motifs is 1. The van der Waals surface area contributed by atoms with Crippen molar-refractivity contribution in [1.29, 1.82) is 0 Å². The minimum absolute atomic E-state index is 0.182. The molecule has 0 radical (unpaired) electrons. The number of phosphoric ester groups is 1. The van der Waals surface area contributed by atoms with Crippen LogP contribution in [0.5, 0.6) is 0 Å². The average Bonchev–Trinajstić information content (AvgIpc) is 3.66. The van der Waals surface area contributed by atoms with E-state index in [4.69, 9.17) is 36.6 Å². The Bertz CT molecular complexity index is 1420.